The molecule has 0 radical (unpaired) electrons. The minimum atomic E-state index is -0.767. The quantitative estimate of drug-likeness (QED) is 0.943. The zero-order valence-corrected chi connectivity index (χ0v) is 12.9. The van der Waals surface area contributed by atoms with Crippen molar-refractivity contribution in [3.63, 3.8) is 0 Å². The number of hydrogen-bond donors (Lipinski definition) is 1. The molecule has 1 saturated heterocycles. The molecular weight excluding hydrogens is 297 g/mol. The van der Waals surface area contributed by atoms with Crippen LogP contribution in [0.1, 0.15) is 18.4 Å². The molecule has 0 bridgehead atoms. The molecule has 1 fully saturated rings. The highest BCUT2D eigenvalue weighted by molar-refractivity contribution is 5.71. The number of hydrogen-bond acceptors (Lipinski definition) is 4. The van der Waals surface area contributed by atoms with Crippen LogP contribution in [-0.2, 0) is 4.79 Å². The number of halogens is 1. The van der Waals surface area contributed by atoms with Gasteiger partial charge in [0.15, 0.2) is 5.82 Å². The van der Waals surface area contributed by atoms with Crippen molar-refractivity contribution in [2.24, 2.45) is 5.92 Å². The van der Waals surface area contributed by atoms with Gasteiger partial charge in [0, 0.05) is 18.7 Å². The van der Waals surface area contributed by atoms with Crippen molar-refractivity contribution in [2.75, 3.05) is 18.0 Å². The maximum Gasteiger partial charge on any atom is 0.308 e. The lowest BCUT2D eigenvalue weighted by Gasteiger charge is -2.32. The van der Waals surface area contributed by atoms with Crippen LogP contribution in [0.15, 0.2) is 30.3 Å². The Morgan fingerprint density at radius 1 is 1.35 bits per heavy atom. The van der Waals surface area contributed by atoms with Crippen LogP contribution in [-0.4, -0.2) is 34.4 Å². The monoisotopic (exact) mass is 315 g/mol. The lowest BCUT2D eigenvalue weighted by atomic mass is 9.98. The van der Waals surface area contributed by atoms with Gasteiger partial charge in [0.1, 0.15) is 5.82 Å². The van der Waals surface area contributed by atoms with Gasteiger partial charge in [-0.25, -0.2) is 4.39 Å². The van der Waals surface area contributed by atoms with Gasteiger partial charge in [-0.15, -0.1) is 10.2 Å². The number of aryl methyl sites for hydroxylation is 1. The molecule has 120 valence electrons. The number of carboxylic acids is 1. The topological polar surface area (TPSA) is 66.3 Å². The first kappa shape index (κ1) is 15.4. The van der Waals surface area contributed by atoms with Gasteiger partial charge in [-0.3, -0.25) is 4.79 Å². The Hall–Kier alpha value is -2.50. The average molecular weight is 315 g/mol. The predicted molar refractivity (Wildman–Crippen MR) is 84.7 cm³/mol. The van der Waals surface area contributed by atoms with Crippen LogP contribution in [0.3, 0.4) is 0 Å². The summed E-state index contributed by atoms with van der Waals surface area (Å²) >= 11 is 0. The molecule has 3 rings (SSSR count). The first-order valence-electron chi connectivity index (χ1n) is 7.62. The summed E-state index contributed by atoms with van der Waals surface area (Å²) < 4.78 is 13.3. The highest BCUT2D eigenvalue weighted by Crippen LogP contribution is 2.26. The van der Waals surface area contributed by atoms with Crippen molar-refractivity contribution in [3.05, 3.63) is 41.7 Å². The second kappa shape index (κ2) is 6.32. The fraction of sp³-hybridized carbons (Fsp3) is 0.353. The Labute approximate surface area is 133 Å². The van der Waals surface area contributed by atoms with E-state index >= 15 is 0 Å². The molecule has 0 aliphatic carbocycles. The molecule has 1 aromatic heterocycles. The van der Waals surface area contributed by atoms with Gasteiger partial charge < -0.3 is 10.0 Å². The van der Waals surface area contributed by atoms with Crippen LogP contribution < -0.4 is 4.90 Å². The lowest BCUT2D eigenvalue weighted by Crippen LogP contribution is -2.39. The van der Waals surface area contributed by atoms with Gasteiger partial charge in [0.25, 0.3) is 0 Å². The number of carboxylic acid groups (broad SMARTS) is 1. The molecule has 6 heteroatoms. The van der Waals surface area contributed by atoms with Crippen molar-refractivity contribution in [3.8, 4) is 11.3 Å². The minimum Gasteiger partial charge on any atom is -0.481 e. The van der Waals surface area contributed by atoms with Gasteiger partial charge in [-0.05, 0) is 43.5 Å². The number of anilines is 1. The molecule has 5 nitrogen and oxygen atoms in total. The van der Waals surface area contributed by atoms with E-state index in [0.29, 0.717) is 30.0 Å². The number of nitrogens with zero attached hydrogens (tertiary/aromatic N) is 3. The molecule has 0 saturated carbocycles. The van der Waals surface area contributed by atoms with Crippen LogP contribution in [0.2, 0.25) is 0 Å². The molecule has 1 aliphatic heterocycles. The van der Waals surface area contributed by atoms with Crippen LogP contribution in [0.5, 0.6) is 0 Å². The van der Waals surface area contributed by atoms with Crippen LogP contribution in [0.4, 0.5) is 10.2 Å². The molecule has 1 aromatic carbocycles. The average Bonchev–Trinajstić information content (AvgIpc) is 2.55. The zero-order chi connectivity index (χ0) is 16.4. The number of aromatic nitrogens is 2. The summed E-state index contributed by atoms with van der Waals surface area (Å²) in [6.07, 6.45) is 1.52. The van der Waals surface area contributed by atoms with Crippen molar-refractivity contribution in [1.82, 2.24) is 10.2 Å². The van der Waals surface area contributed by atoms with Crippen LogP contribution >= 0.6 is 0 Å². The SMILES string of the molecule is Cc1cc(-c2cccc(F)c2)nnc1N1CCCC(C(=O)O)C1. The summed E-state index contributed by atoms with van der Waals surface area (Å²) in [7, 11) is 0. The molecule has 1 N–H and O–H groups in total. The van der Waals surface area contributed by atoms with Crippen molar-refractivity contribution in [2.45, 2.75) is 19.8 Å². The van der Waals surface area contributed by atoms with E-state index in [1.807, 2.05) is 17.9 Å². The van der Waals surface area contributed by atoms with E-state index in [0.717, 1.165) is 18.5 Å². The Morgan fingerprint density at radius 3 is 2.87 bits per heavy atom. The fourth-order valence-corrected chi connectivity index (χ4v) is 2.95. The lowest BCUT2D eigenvalue weighted by molar-refractivity contribution is -0.141. The maximum absolute atomic E-state index is 13.3. The fourth-order valence-electron chi connectivity index (χ4n) is 2.95. The molecule has 2 heterocycles. The highest BCUT2D eigenvalue weighted by atomic mass is 19.1. The number of carbonyl (C=O) groups is 1. The molecule has 0 amide bonds. The summed E-state index contributed by atoms with van der Waals surface area (Å²) in [6, 6.07) is 8.09. The first-order chi connectivity index (χ1) is 11.0. The minimum absolute atomic E-state index is 0.314. The van der Waals surface area contributed by atoms with Crippen LogP contribution in [0.25, 0.3) is 11.3 Å². The molecule has 2 aromatic rings. The number of aliphatic carboxylic acids is 1. The van der Waals surface area contributed by atoms with E-state index in [1.54, 1.807) is 12.1 Å². The van der Waals surface area contributed by atoms with Gasteiger partial charge in [0.2, 0.25) is 0 Å². The third kappa shape index (κ3) is 3.31. The highest BCUT2D eigenvalue weighted by Gasteiger charge is 2.27. The maximum atomic E-state index is 13.3. The summed E-state index contributed by atoms with van der Waals surface area (Å²) in [5, 5.41) is 17.6. The number of rotatable bonds is 3. The van der Waals surface area contributed by atoms with Gasteiger partial charge in [-0.1, -0.05) is 12.1 Å². The van der Waals surface area contributed by atoms with E-state index in [9.17, 15) is 14.3 Å². The Kier molecular flexibility index (Phi) is 4.23. The number of benzene rings is 1. The summed E-state index contributed by atoms with van der Waals surface area (Å²) in [6.45, 7) is 3.14. The smallest absolute Gasteiger partial charge is 0.308 e. The molecule has 1 aliphatic rings. The molecule has 1 unspecified atom stereocenters. The van der Waals surface area contributed by atoms with Crippen molar-refractivity contribution < 1.29 is 14.3 Å². The van der Waals surface area contributed by atoms with Gasteiger partial charge >= 0.3 is 5.97 Å². The van der Waals surface area contributed by atoms with E-state index in [2.05, 4.69) is 10.2 Å². The summed E-state index contributed by atoms with van der Waals surface area (Å²) in [4.78, 5) is 13.2. The molecule has 1 atom stereocenters. The van der Waals surface area contributed by atoms with Crippen LogP contribution in [0, 0.1) is 18.7 Å². The van der Waals surface area contributed by atoms with Crippen molar-refractivity contribution >= 4 is 11.8 Å². The van der Waals surface area contributed by atoms with E-state index < -0.39 is 5.97 Å². The largest absolute Gasteiger partial charge is 0.481 e. The van der Waals surface area contributed by atoms with Gasteiger partial charge in [-0.2, -0.15) is 0 Å². The van der Waals surface area contributed by atoms with E-state index in [4.69, 9.17) is 0 Å². The summed E-state index contributed by atoms with van der Waals surface area (Å²) in [5.74, 6) is -0.744. The van der Waals surface area contributed by atoms with Gasteiger partial charge in [0.05, 0.1) is 11.6 Å². The molecule has 23 heavy (non-hydrogen) atoms. The molecule has 0 spiro atoms. The third-order valence-electron chi connectivity index (χ3n) is 4.15. The molecular formula is C17H18FN3O2. The number of piperidine rings is 1. The normalized spacial score (nSPS) is 18.0. The zero-order valence-electron chi connectivity index (χ0n) is 12.9. The second-order valence-corrected chi connectivity index (χ2v) is 5.87. The Bertz CT molecular complexity index is 736. The standard InChI is InChI=1S/C17H18FN3O2/c1-11-8-15(12-4-2-6-14(18)9-12)19-20-16(11)21-7-3-5-13(10-21)17(22)23/h2,4,6,8-9,13H,3,5,7,10H2,1H3,(H,22,23). The summed E-state index contributed by atoms with van der Waals surface area (Å²) in [5.41, 5.74) is 2.19. The second-order valence-electron chi connectivity index (χ2n) is 5.87. The third-order valence-corrected chi connectivity index (χ3v) is 4.15. The van der Waals surface area contributed by atoms with E-state index in [1.165, 1.54) is 12.1 Å². The Morgan fingerprint density at radius 2 is 2.17 bits per heavy atom. The van der Waals surface area contributed by atoms with E-state index in [-0.39, 0.29) is 11.7 Å². The van der Waals surface area contributed by atoms with Crippen molar-refractivity contribution in [1.29, 1.82) is 0 Å². The Balaban J connectivity index is 1.86. The predicted octanol–water partition coefficient (Wildman–Crippen LogP) is 2.89. The first-order valence-corrected chi connectivity index (χ1v) is 7.62.